The van der Waals surface area contributed by atoms with E-state index in [1.807, 2.05) is 24.4 Å². The highest BCUT2D eigenvalue weighted by Crippen LogP contribution is 2.46. The van der Waals surface area contributed by atoms with Crippen LogP contribution in [0.3, 0.4) is 0 Å². The van der Waals surface area contributed by atoms with Crippen LogP contribution in [-0.4, -0.2) is 24.8 Å². The molecular weight excluding hydrogens is 476 g/mol. The zero-order valence-corrected chi connectivity index (χ0v) is 19.6. The number of non-ortho nitro benzene ring substituents is 1. The Balaban J connectivity index is 1.45. The Kier molecular flexibility index (Phi) is 4.50. The summed E-state index contributed by atoms with van der Waals surface area (Å²) in [4.78, 5) is 23.7. The second kappa shape index (κ2) is 7.79. The minimum atomic E-state index is -0.707. The first-order chi connectivity index (χ1) is 18.0. The largest absolute Gasteiger partial charge is 0.493 e. The number of aryl methyl sites for hydroxylation is 2. The van der Waals surface area contributed by atoms with Gasteiger partial charge in [-0.1, -0.05) is 6.07 Å². The van der Waals surface area contributed by atoms with Crippen molar-refractivity contribution in [3.8, 4) is 23.0 Å². The number of benzene rings is 4. The zero-order chi connectivity index (χ0) is 25.3. The number of pyridine rings is 1. The fourth-order valence-corrected chi connectivity index (χ4v) is 5.40. The standard InChI is InChI=1S/C28H19N2O7/c1-34-22-8-7-18-19-5-6-20-24-15(12-23-26(20)36-14-35-23)9-10-29(25(19)24)13-21(18)27(22)37-28(31)16-3-2-4-17(11-16)30(32)33/h2-8,11-13H,9-10,14H2,1H3/q+1. The van der Waals surface area contributed by atoms with Gasteiger partial charge in [0.15, 0.2) is 35.7 Å². The minimum Gasteiger partial charge on any atom is -0.493 e. The van der Waals surface area contributed by atoms with Crippen molar-refractivity contribution in [1.82, 2.24) is 0 Å². The van der Waals surface area contributed by atoms with Crippen molar-refractivity contribution in [3.63, 3.8) is 0 Å². The first-order valence-electron chi connectivity index (χ1n) is 11.7. The van der Waals surface area contributed by atoms with Gasteiger partial charge in [0.2, 0.25) is 12.3 Å². The number of nitro benzene ring substituents is 1. The fraction of sp³-hybridized carbons (Fsp3) is 0.143. The lowest BCUT2D eigenvalue weighted by atomic mass is 9.93. The molecular formula is C28H19N2O7+. The Morgan fingerprint density at radius 2 is 1.86 bits per heavy atom. The third-order valence-electron chi connectivity index (χ3n) is 7.04. The van der Waals surface area contributed by atoms with Crippen LogP contribution >= 0.6 is 0 Å². The summed E-state index contributed by atoms with van der Waals surface area (Å²) < 4.78 is 25.0. The SMILES string of the molecule is COc1ccc2c(c[n+]3c4c2ccc2c5c(cc(c24)CC3)OCO5)c1OC(=O)c1cccc([N+](=O)[O-])c1. The number of esters is 1. The average Bonchev–Trinajstić information content (AvgIpc) is 3.40. The quantitative estimate of drug-likeness (QED) is 0.0877. The summed E-state index contributed by atoms with van der Waals surface area (Å²) in [6, 6.07) is 15.3. The van der Waals surface area contributed by atoms with Gasteiger partial charge in [0.25, 0.3) is 5.69 Å². The number of carbonyl (C=O) groups excluding carboxylic acids is 1. The average molecular weight is 495 g/mol. The Bertz CT molecular complexity index is 1830. The number of fused-ring (bicyclic) bond motifs is 4. The molecule has 0 atom stereocenters. The summed E-state index contributed by atoms with van der Waals surface area (Å²) in [5.41, 5.74) is 2.17. The van der Waals surface area contributed by atoms with Gasteiger partial charge in [-0.25, -0.2) is 4.79 Å². The number of aromatic nitrogens is 1. The van der Waals surface area contributed by atoms with Crippen LogP contribution in [0.1, 0.15) is 15.9 Å². The van der Waals surface area contributed by atoms with Crippen LogP contribution in [-0.2, 0) is 13.0 Å². The van der Waals surface area contributed by atoms with Crippen molar-refractivity contribution < 1.29 is 33.2 Å². The second-order valence-electron chi connectivity index (χ2n) is 8.98. The van der Waals surface area contributed by atoms with E-state index < -0.39 is 10.9 Å². The van der Waals surface area contributed by atoms with Crippen LogP contribution < -0.4 is 23.5 Å². The third kappa shape index (κ3) is 3.10. The van der Waals surface area contributed by atoms with Gasteiger partial charge in [0, 0.05) is 29.3 Å². The lowest BCUT2D eigenvalue weighted by molar-refractivity contribution is -0.670. The van der Waals surface area contributed by atoms with Gasteiger partial charge in [0.1, 0.15) is 0 Å². The maximum atomic E-state index is 13.1. The highest BCUT2D eigenvalue weighted by molar-refractivity contribution is 6.17. The Labute approximate surface area is 209 Å². The maximum absolute atomic E-state index is 13.1. The molecule has 0 aliphatic carbocycles. The molecule has 2 aliphatic rings. The molecule has 0 amide bonds. The Hall–Kier alpha value is -4.92. The Morgan fingerprint density at radius 3 is 2.70 bits per heavy atom. The molecule has 0 spiro atoms. The van der Waals surface area contributed by atoms with Gasteiger partial charge in [-0.15, -0.1) is 0 Å². The first-order valence-corrected chi connectivity index (χ1v) is 11.7. The van der Waals surface area contributed by atoms with Gasteiger partial charge in [0.05, 0.1) is 33.8 Å². The molecule has 5 aromatic rings. The highest BCUT2D eigenvalue weighted by atomic mass is 16.7. The van der Waals surface area contributed by atoms with Crippen molar-refractivity contribution in [1.29, 1.82) is 0 Å². The van der Waals surface area contributed by atoms with E-state index in [0.29, 0.717) is 11.1 Å². The number of methoxy groups -OCH3 is 1. The molecule has 0 saturated carbocycles. The molecule has 1 aromatic heterocycles. The van der Waals surface area contributed by atoms with Crippen molar-refractivity contribution in [3.05, 3.63) is 82.0 Å². The molecule has 3 heterocycles. The minimum absolute atomic E-state index is 0.0785. The molecule has 7 rings (SSSR count). The third-order valence-corrected chi connectivity index (χ3v) is 7.04. The van der Waals surface area contributed by atoms with E-state index in [1.54, 1.807) is 6.07 Å². The number of nitrogens with zero attached hydrogens (tertiary/aromatic N) is 2. The van der Waals surface area contributed by atoms with Crippen molar-refractivity contribution in [2.75, 3.05) is 13.9 Å². The van der Waals surface area contributed by atoms with E-state index in [-0.39, 0.29) is 23.8 Å². The summed E-state index contributed by atoms with van der Waals surface area (Å²) in [6.45, 7) is 0.941. The fourth-order valence-electron chi connectivity index (χ4n) is 5.40. The van der Waals surface area contributed by atoms with Crippen LogP contribution in [0, 0.1) is 10.1 Å². The molecule has 182 valence electrons. The number of rotatable bonds is 4. The predicted molar refractivity (Wildman–Crippen MR) is 134 cm³/mol. The van der Waals surface area contributed by atoms with Crippen molar-refractivity contribution >= 4 is 44.1 Å². The molecule has 9 heteroatoms. The predicted octanol–water partition coefficient (Wildman–Crippen LogP) is 4.85. The normalized spacial score (nSPS) is 13.4. The molecule has 0 bridgehead atoms. The smallest absolute Gasteiger partial charge is 0.343 e. The second-order valence-corrected chi connectivity index (χ2v) is 8.98. The van der Waals surface area contributed by atoms with E-state index >= 15 is 0 Å². The van der Waals surface area contributed by atoms with E-state index in [2.05, 4.69) is 10.6 Å². The topological polar surface area (TPSA) is 101 Å². The number of hydrogen-bond donors (Lipinski definition) is 0. The van der Waals surface area contributed by atoms with Gasteiger partial charge >= 0.3 is 5.97 Å². The van der Waals surface area contributed by atoms with E-state index in [0.717, 1.165) is 51.5 Å². The van der Waals surface area contributed by atoms with E-state index in [1.165, 1.54) is 36.9 Å². The molecule has 0 N–H and O–H groups in total. The molecule has 0 radical (unpaired) electrons. The molecule has 37 heavy (non-hydrogen) atoms. The van der Waals surface area contributed by atoms with E-state index in [9.17, 15) is 14.9 Å². The van der Waals surface area contributed by atoms with Gasteiger partial charge in [-0.2, -0.15) is 4.57 Å². The van der Waals surface area contributed by atoms with Crippen LogP contribution in [0.2, 0.25) is 0 Å². The lowest BCUT2D eigenvalue weighted by Crippen LogP contribution is -2.38. The number of hydrogen-bond acceptors (Lipinski definition) is 7. The summed E-state index contributed by atoms with van der Waals surface area (Å²) in [5.74, 6) is 1.48. The van der Waals surface area contributed by atoms with Crippen molar-refractivity contribution in [2.24, 2.45) is 0 Å². The summed E-state index contributed by atoms with van der Waals surface area (Å²) in [7, 11) is 1.51. The molecule has 4 aromatic carbocycles. The van der Waals surface area contributed by atoms with Crippen LogP contribution in [0.25, 0.3) is 32.4 Å². The molecule has 0 saturated heterocycles. The van der Waals surface area contributed by atoms with Crippen LogP contribution in [0.4, 0.5) is 5.69 Å². The van der Waals surface area contributed by atoms with Gasteiger partial charge < -0.3 is 18.9 Å². The van der Waals surface area contributed by atoms with E-state index in [4.69, 9.17) is 18.9 Å². The Morgan fingerprint density at radius 1 is 1.03 bits per heavy atom. The van der Waals surface area contributed by atoms with Crippen molar-refractivity contribution in [2.45, 2.75) is 13.0 Å². The van der Waals surface area contributed by atoms with Crippen LogP contribution in [0.15, 0.2) is 60.8 Å². The number of ether oxygens (including phenoxy) is 4. The first kappa shape index (κ1) is 21.4. The highest BCUT2D eigenvalue weighted by Gasteiger charge is 2.30. The van der Waals surface area contributed by atoms with Gasteiger partial charge in [-0.05, 0) is 42.0 Å². The maximum Gasteiger partial charge on any atom is 0.343 e. The monoisotopic (exact) mass is 495 g/mol. The number of carbonyl (C=O) groups is 1. The lowest BCUT2D eigenvalue weighted by Gasteiger charge is -2.18. The molecule has 0 unspecified atom stereocenters. The summed E-state index contributed by atoms with van der Waals surface area (Å²) in [6.07, 6.45) is 2.78. The molecule has 9 nitrogen and oxygen atoms in total. The molecule has 0 fully saturated rings. The van der Waals surface area contributed by atoms with Gasteiger partial charge in [-0.3, -0.25) is 10.1 Å². The summed E-state index contributed by atoms with van der Waals surface area (Å²) in [5, 5.41) is 15.9. The summed E-state index contributed by atoms with van der Waals surface area (Å²) >= 11 is 0. The zero-order valence-electron chi connectivity index (χ0n) is 19.6. The van der Waals surface area contributed by atoms with Crippen LogP contribution in [0.5, 0.6) is 23.0 Å². The molecule has 2 aliphatic heterocycles. The number of nitro groups is 1.